The zero-order valence-corrected chi connectivity index (χ0v) is 11.9. The van der Waals surface area contributed by atoms with Gasteiger partial charge in [0.25, 0.3) is 0 Å². The van der Waals surface area contributed by atoms with Crippen molar-refractivity contribution in [2.75, 3.05) is 24.8 Å². The highest BCUT2D eigenvalue weighted by Crippen LogP contribution is 2.25. The van der Waals surface area contributed by atoms with Crippen LogP contribution >= 0.6 is 0 Å². The molecule has 1 atom stereocenters. The largest absolute Gasteiger partial charge is 0.497 e. The lowest BCUT2D eigenvalue weighted by Gasteiger charge is -2.22. The van der Waals surface area contributed by atoms with Gasteiger partial charge in [-0.3, -0.25) is 4.79 Å². The Bertz CT molecular complexity index is 456. The van der Waals surface area contributed by atoms with Gasteiger partial charge in [-0.25, -0.2) is 0 Å². The monoisotopic (exact) mass is 278 g/mol. The summed E-state index contributed by atoms with van der Waals surface area (Å²) in [7, 11) is 1.58. The van der Waals surface area contributed by atoms with E-state index < -0.39 is 0 Å². The first-order valence-electron chi connectivity index (χ1n) is 7.04. The Morgan fingerprint density at radius 3 is 3.05 bits per heavy atom. The quantitative estimate of drug-likeness (QED) is 0.812. The smallest absolute Gasteiger partial charge is 0.224 e. The minimum Gasteiger partial charge on any atom is -0.497 e. The third-order valence-electron chi connectivity index (χ3n) is 3.50. The van der Waals surface area contributed by atoms with E-state index >= 15 is 0 Å². The second-order valence-corrected chi connectivity index (χ2v) is 5.03. The summed E-state index contributed by atoms with van der Waals surface area (Å²) in [4.78, 5) is 11.9. The summed E-state index contributed by atoms with van der Waals surface area (Å²) in [6.07, 6.45) is 4.79. The number of anilines is 2. The number of carbonyl (C=O) groups is 1. The van der Waals surface area contributed by atoms with Crippen LogP contribution in [0.3, 0.4) is 0 Å². The highest BCUT2D eigenvalue weighted by atomic mass is 16.5. The zero-order chi connectivity index (χ0) is 14.4. The third-order valence-corrected chi connectivity index (χ3v) is 3.50. The molecule has 1 aliphatic heterocycles. The Kier molecular flexibility index (Phi) is 5.24. The number of ether oxygens (including phenoxy) is 2. The number of hydrogen-bond donors (Lipinski definition) is 2. The fourth-order valence-electron chi connectivity index (χ4n) is 2.31. The van der Waals surface area contributed by atoms with Crippen LogP contribution in [0.5, 0.6) is 5.75 Å². The molecule has 0 radical (unpaired) electrons. The number of rotatable bonds is 5. The van der Waals surface area contributed by atoms with E-state index in [1.807, 2.05) is 0 Å². The summed E-state index contributed by atoms with van der Waals surface area (Å²) >= 11 is 0. The molecule has 1 unspecified atom stereocenters. The van der Waals surface area contributed by atoms with Gasteiger partial charge < -0.3 is 20.5 Å². The van der Waals surface area contributed by atoms with E-state index in [2.05, 4.69) is 5.32 Å². The highest BCUT2D eigenvalue weighted by Gasteiger charge is 2.15. The van der Waals surface area contributed by atoms with Gasteiger partial charge in [-0.05, 0) is 37.8 Å². The van der Waals surface area contributed by atoms with Crippen molar-refractivity contribution in [3.05, 3.63) is 18.2 Å². The molecule has 20 heavy (non-hydrogen) atoms. The van der Waals surface area contributed by atoms with Crippen molar-refractivity contribution in [3.63, 3.8) is 0 Å². The number of benzene rings is 1. The van der Waals surface area contributed by atoms with Crippen LogP contribution in [-0.4, -0.2) is 25.7 Å². The molecule has 3 N–H and O–H groups in total. The van der Waals surface area contributed by atoms with Gasteiger partial charge in [0.1, 0.15) is 5.75 Å². The molecule has 110 valence electrons. The van der Waals surface area contributed by atoms with Crippen LogP contribution in [0.4, 0.5) is 11.4 Å². The minimum absolute atomic E-state index is 0.0425. The molecule has 0 aliphatic carbocycles. The molecule has 1 aromatic rings. The zero-order valence-electron chi connectivity index (χ0n) is 11.9. The van der Waals surface area contributed by atoms with Gasteiger partial charge in [0.05, 0.1) is 24.6 Å². The molecule has 0 saturated carbocycles. The summed E-state index contributed by atoms with van der Waals surface area (Å²) < 4.78 is 10.7. The van der Waals surface area contributed by atoms with Crippen molar-refractivity contribution in [1.29, 1.82) is 0 Å². The van der Waals surface area contributed by atoms with Gasteiger partial charge in [-0.1, -0.05) is 0 Å². The van der Waals surface area contributed by atoms with Crippen LogP contribution in [0.15, 0.2) is 18.2 Å². The maximum atomic E-state index is 11.9. The number of nitrogens with two attached hydrogens (primary N) is 1. The van der Waals surface area contributed by atoms with Crippen LogP contribution in [0.1, 0.15) is 32.1 Å². The lowest BCUT2D eigenvalue weighted by molar-refractivity contribution is -0.117. The first kappa shape index (κ1) is 14.7. The van der Waals surface area contributed by atoms with Crippen LogP contribution in [-0.2, 0) is 9.53 Å². The van der Waals surface area contributed by atoms with Crippen LogP contribution in [0, 0.1) is 0 Å². The Balaban J connectivity index is 1.84. The highest BCUT2D eigenvalue weighted by molar-refractivity contribution is 5.94. The van der Waals surface area contributed by atoms with Gasteiger partial charge >= 0.3 is 0 Å². The summed E-state index contributed by atoms with van der Waals surface area (Å²) in [5.41, 5.74) is 6.97. The fourth-order valence-corrected chi connectivity index (χ4v) is 2.31. The topological polar surface area (TPSA) is 73.6 Å². The van der Waals surface area contributed by atoms with Gasteiger partial charge in [-0.2, -0.15) is 0 Å². The van der Waals surface area contributed by atoms with Crippen LogP contribution in [0.25, 0.3) is 0 Å². The van der Waals surface area contributed by atoms with E-state index in [0.717, 1.165) is 25.9 Å². The standard InChI is InChI=1S/C15H22N2O3/c1-19-12-5-7-13(16)14(10-12)17-15(18)8-6-11-4-2-3-9-20-11/h5,7,10-11H,2-4,6,8-9,16H2,1H3,(H,17,18). The average molecular weight is 278 g/mol. The lowest BCUT2D eigenvalue weighted by atomic mass is 10.0. The molecule has 5 nitrogen and oxygen atoms in total. The predicted molar refractivity (Wildman–Crippen MR) is 78.9 cm³/mol. The molecule has 2 rings (SSSR count). The number of nitrogen functional groups attached to an aromatic ring is 1. The number of nitrogens with one attached hydrogen (secondary N) is 1. The number of methoxy groups -OCH3 is 1. The van der Waals surface area contributed by atoms with Crippen LogP contribution < -0.4 is 15.8 Å². The molecule has 1 aromatic carbocycles. The number of amides is 1. The molecule has 0 bridgehead atoms. The molecule has 1 aliphatic rings. The Morgan fingerprint density at radius 2 is 2.35 bits per heavy atom. The van der Waals surface area contributed by atoms with Crippen LogP contribution in [0.2, 0.25) is 0 Å². The molecular formula is C15H22N2O3. The number of hydrogen-bond acceptors (Lipinski definition) is 4. The molecule has 5 heteroatoms. The lowest BCUT2D eigenvalue weighted by Crippen LogP contribution is -2.22. The third kappa shape index (κ3) is 4.13. The number of carbonyl (C=O) groups excluding carboxylic acids is 1. The van der Waals surface area contributed by atoms with Gasteiger partial charge in [0, 0.05) is 19.1 Å². The van der Waals surface area contributed by atoms with Crippen molar-refractivity contribution in [2.45, 2.75) is 38.2 Å². The van der Waals surface area contributed by atoms with E-state index in [4.69, 9.17) is 15.2 Å². The van der Waals surface area contributed by atoms with Crippen molar-refractivity contribution in [2.24, 2.45) is 0 Å². The van der Waals surface area contributed by atoms with Crippen molar-refractivity contribution in [3.8, 4) is 5.75 Å². The SMILES string of the molecule is COc1ccc(N)c(NC(=O)CCC2CCCCO2)c1. The first-order chi connectivity index (χ1) is 9.69. The van der Waals surface area contributed by atoms with Gasteiger partial charge in [0.15, 0.2) is 0 Å². The van der Waals surface area contributed by atoms with E-state index in [0.29, 0.717) is 23.5 Å². The Hall–Kier alpha value is -1.75. The maximum Gasteiger partial charge on any atom is 0.224 e. The Morgan fingerprint density at radius 1 is 1.50 bits per heavy atom. The minimum atomic E-state index is -0.0425. The normalized spacial score (nSPS) is 18.6. The molecule has 0 aromatic heterocycles. The molecule has 1 heterocycles. The second kappa shape index (κ2) is 7.14. The summed E-state index contributed by atoms with van der Waals surface area (Å²) in [6, 6.07) is 5.21. The summed E-state index contributed by atoms with van der Waals surface area (Å²) in [5.74, 6) is 0.629. The second-order valence-electron chi connectivity index (χ2n) is 5.03. The predicted octanol–water partition coefficient (Wildman–Crippen LogP) is 2.57. The molecule has 1 fully saturated rings. The van der Waals surface area contributed by atoms with E-state index in [9.17, 15) is 4.79 Å². The van der Waals surface area contributed by atoms with Crippen molar-refractivity contribution >= 4 is 17.3 Å². The van der Waals surface area contributed by atoms with E-state index in [1.54, 1.807) is 25.3 Å². The van der Waals surface area contributed by atoms with E-state index in [1.165, 1.54) is 6.42 Å². The molecular weight excluding hydrogens is 256 g/mol. The van der Waals surface area contributed by atoms with Crippen molar-refractivity contribution < 1.29 is 14.3 Å². The summed E-state index contributed by atoms with van der Waals surface area (Å²) in [6.45, 7) is 0.815. The fraction of sp³-hybridized carbons (Fsp3) is 0.533. The summed E-state index contributed by atoms with van der Waals surface area (Å²) in [5, 5.41) is 2.83. The molecule has 1 saturated heterocycles. The van der Waals surface area contributed by atoms with Crippen molar-refractivity contribution in [1.82, 2.24) is 0 Å². The van der Waals surface area contributed by atoms with E-state index in [-0.39, 0.29) is 12.0 Å². The molecule has 1 amide bonds. The first-order valence-corrected chi connectivity index (χ1v) is 7.04. The Labute approximate surface area is 119 Å². The van der Waals surface area contributed by atoms with Gasteiger partial charge in [0.2, 0.25) is 5.91 Å². The maximum absolute atomic E-state index is 11.9. The molecule has 0 spiro atoms. The average Bonchev–Trinajstić information content (AvgIpc) is 2.48. The van der Waals surface area contributed by atoms with Gasteiger partial charge in [-0.15, -0.1) is 0 Å².